The zero-order valence-corrected chi connectivity index (χ0v) is 17.1. The van der Waals surface area contributed by atoms with Crippen LogP contribution in [0.15, 0.2) is 59.2 Å². The van der Waals surface area contributed by atoms with Crippen LogP contribution in [0.3, 0.4) is 0 Å². The number of nitrogens with one attached hydrogen (secondary N) is 1. The topological polar surface area (TPSA) is 56.2 Å². The second kappa shape index (κ2) is 9.06. The first-order chi connectivity index (χ1) is 13.0. The van der Waals surface area contributed by atoms with Crippen LogP contribution in [0.5, 0.6) is 5.75 Å². The minimum Gasteiger partial charge on any atom is -0.489 e. The maximum absolute atomic E-state index is 12.3. The number of carbonyl (C=O) groups excluding carboxylic acids is 1. The van der Waals surface area contributed by atoms with E-state index >= 15 is 0 Å². The summed E-state index contributed by atoms with van der Waals surface area (Å²) in [6.45, 7) is 3.57. The molecule has 0 radical (unpaired) electrons. The highest BCUT2D eigenvalue weighted by atomic mass is 79.9. The Hall–Kier alpha value is -2.31. The molecule has 0 spiro atoms. The van der Waals surface area contributed by atoms with Crippen molar-refractivity contribution in [2.45, 2.75) is 26.6 Å². The molecule has 0 saturated heterocycles. The molecule has 0 unspecified atom stereocenters. The molecule has 1 N–H and O–H groups in total. The van der Waals surface area contributed by atoms with Crippen molar-refractivity contribution >= 4 is 33.4 Å². The molecular formula is C20H19BrClN3O2. The molecule has 1 amide bonds. The summed E-state index contributed by atoms with van der Waals surface area (Å²) in [6, 6.07) is 14.6. The number of carbonyl (C=O) groups is 1. The lowest BCUT2D eigenvalue weighted by Crippen LogP contribution is -2.23. The summed E-state index contributed by atoms with van der Waals surface area (Å²) in [5.41, 5.74) is 2.36. The summed E-state index contributed by atoms with van der Waals surface area (Å²) < 4.78 is 8.41. The smallest absolute Gasteiger partial charge is 0.251 e. The summed E-state index contributed by atoms with van der Waals surface area (Å²) >= 11 is 9.40. The molecule has 27 heavy (non-hydrogen) atoms. The molecule has 0 fully saturated rings. The molecular weight excluding hydrogens is 430 g/mol. The maximum Gasteiger partial charge on any atom is 0.251 e. The van der Waals surface area contributed by atoms with Gasteiger partial charge in [0.15, 0.2) is 0 Å². The maximum atomic E-state index is 12.3. The van der Waals surface area contributed by atoms with Crippen molar-refractivity contribution in [3.63, 3.8) is 0 Å². The van der Waals surface area contributed by atoms with Gasteiger partial charge in [-0.2, -0.15) is 5.10 Å². The fourth-order valence-electron chi connectivity index (χ4n) is 2.46. The van der Waals surface area contributed by atoms with Crippen molar-refractivity contribution in [3.05, 3.63) is 81.0 Å². The van der Waals surface area contributed by atoms with E-state index in [9.17, 15) is 4.79 Å². The lowest BCUT2D eigenvalue weighted by Gasteiger charge is -2.08. The standard InChI is InChI=1S/C20H19BrClN3O2/c1-2-25-12-18(21)19(24-25)11-23-20(26)15-8-6-14(7-9-15)13-27-17-5-3-4-16(22)10-17/h3-10,12H,2,11,13H2,1H3,(H,23,26). The third-order valence-electron chi connectivity index (χ3n) is 3.95. The molecule has 1 heterocycles. The van der Waals surface area contributed by atoms with Gasteiger partial charge in [0.25, 0.3) is 5.91 Å². The van der Waals surface area contributed by atoms with Gasteiger partial charge in [0, 0.05) is 23.3 Å². The fraction of sp³-hybridized carbons (Fsp3) is 0.200. The van der Waals surface area contributed by atoms with Gasteiger partial charge >= 0.3 is 0 Å². The van der Waals surface area contributed by atoms with E-state index in [2.05, 4.69) is 26.3 Å². The van der Waals surface area contributed by atoms with Gasteiger partial charge in [-0.3, -0.25) is 9.48 Å². The molecule has 0 aliphatic carbocycles. The van der Waals surface area contributed by atoms with Gasteiger partial charge < -0.3 is 10.1 Å². The van der Waals surface area contributed by atoms with Crippen LogP contribution in [-0.2, 0) is 19.7 Å². The Bertz CT molecular complexity index is 925. The van der Waals surface area contributed by atoms with Gasteiger partial charge in [-0.15, -0.1) is 0 Å². The van der Waals surface area contributed by atoms with E-state index in [1.165, 1.54) is 0 Å². The largest absolute Gasteiger partial charge is 0.489 e. The summed E-state index contributed by atoms with van der Waals surface area (Å²) in [7, 11) is 0. The second-order valence-corrected chi connectivity index (χ2v) is 7.20. The van der Waals surface area contributed by atoms with Gasteiger partial charge in [-0.25, -0.2) is 0 Å². The van der Waals surface area contributed by atoms with Gasteiger partial charge in [0.1, 0.15) is 12.4 Å². The molecule has 140 valence electrons. The summed E-state index contributed by atoms with van der Waals surface area (Å²) in [6.07, 6.45) is 1.90. The van der Waals surface area contributed by atoms with Gasteiger partial charge in [0.05, 0.1) is 16.7 Å². The lowest BCUT2D eigenvalue weighted by molar-refractivity contribution is 0.0950. The number of amides is 1. The fourth-order valence-corrected chi connectivity index (χ4v) is 3.10. The van der Waals surface area contributed by atoms with E-state index < -0.39 is 0 Å². The highest BCUT2D eigenvalue weighted by Gasteiger charge is 2.10. The Morgan fingerprint density at radius 2 is 2.04 bits per heavy atom. The van der Waals surface area contributed by atoms with Crippen LogP contribution in [0.4, 0.5) is 0 Å². The number of halogens is 2. The number of hydrogen-bond donors (Lipinski definition) is 1. The zero-order chi connectivity index (χ0) is 19.2. The first-order valence-corrected chi connectivity index (χ1v) is 9.69. The number of nitrogens with zero attached hydrogens (tertiary/aromatic N) is 2. The van der Waals surface area contributed by atoms with E-state index in [4.69, 9.17) is 16.3 Å². The molecule has 5 nitrogen and oxygen atoms in total. The SMILES string of the molecule is CCn1cc(Br)c(CNC(=O)c2ccc(COc3cccc(Cl)c3)cc2)n1. The van der Waals surface area contributed by atoms with E-state index in [0.717, 1.165) is 22.3 Å². The number of ether oxygens (including phenoxy) is 1. The van der Waals surface area contributed by atoms with Crippen molar-refractivity contribution in [2.75, 3.05) is 0 Å². The highest BCUT2D eigenvalue weighted by Crippen LogP contribution is 2.19. The number of hydrogen-bond acceptors (Lipinski definition) is 3. The van der Waals surface area contributed by atoms with Crippen LogP contribution >= 0.6 is 27.5 Å². The predicted octanol–water partition coefficient (Wildman–Crippen LogP) is 4.83. The van der Waals surface area contributed by atoms with Crippen molar-refractivity contribution < 1.29 is 9.53 Å². The van der Waals surface area contributed by atoms with Gasteiger partial charge in [-0.1, -0.05) is 29.8 Å². The van der Waals surface area contributed by atoms with Crippen molar-refractivity contribution in [3.8, 4) is 5.75 Å². The molecule has 0 aliphatic rings. The molecule has 7 heteroatoms. The van der Waals surface area contributed by atoms with Gasteiger partial charge in [-0.05, 0) is 58.7 Å². The molecule has 0 bridgehead atoms. The van der Waals surface area contributed by atoms with Gasteiger partial charge in [0.2, 0.25) is 0 Å². The molecule has 1 aromatic heterocycles. The Labute approximate surface area is 171 Å². The second-order valence-electron chi connectivity index (χ2n) is 5.91. The summed E-state index contributed by atoms with van der Waals surface area (Å²) in [4.78, 5) is 12.3. The van der Waals surface area contributed by atoms with E-state index in [1.54, 1.807) is 24.3 Å². The molecule has 0 atom stereocenters. The third kappa shape index (κ3) is 5.34. The summed E-state index contributed by atoms with van der Waals surface area (Å²) in [5, 5.41) is 7.92. The first kappa shape index (κ1) is 19.5. The Morgan fingerprint density at radius 3 is 2.70 bits per heavy atom. The van der Waals surface area contributed by atoms with Crippen LogP contribution in [0, 0.1) is 0 Å². The van der Waals surface area contributed by atoms with Crippen LogP contribution in [-0.4, -0.2) is 15.7 Å². The minimum atomic E-state index is -0.143. The van der Waals surface area contributed by atoms with Crippen molar-refractivity contribution in [2.24, 2.45) is 0 Å². The normalized spacial score (nSPS) is 10.6. The lowest BCUT2D eigenvalue weighted by atomic mass is 10.1. The molecule has 2 aromatic carbocycles. The average molecular weight is 449 g/mol. The number of aryl methyl sites for hydroxylation is 1. The monoisotopic (exact) mass is 447 g/mol. The quantitative estimate of drug-likeness (QED) is 0.563. The van der Waals surface area contributed by atoms with E-state index in [0.29, 0.717) is 29.5 Å². The van der Waals surface area contributed by atoms with Crippen LogP contribution < -0.4 is 10.1 Å². The molecule has 0 aliphatic heterocycles. The predicted molar refractivity (Wildman–Crippen MR) is 109 cm³/mol. The zero-order valence-electron chi connectivity index (χ0n) is 14.8. The Balaban J connectivity index is 1.54. The Morgan fingerprint density at radius 1 is 1.26 bits per heavy atom. The van der Waals surface area contributed by atoms with Crippen molar-refractivity contribution in [1.29, 1.82) is 0 Å². The minimum absolute atomic E-state index is 0.143. The first-order valence-electron chi connectivity index (χ1n) is 8.52. The van der Waals surface area contributed by atoms with Crippen LogP contribution in [0.2, 0.25) is 5.02 Å². The van der Waals surface area contributed by atoms with Crippen molar-refractivity contribution in [1.82, 2.24) is 15.1 Å². The molecule has 0 saturated carbocycles. The molecule has 3 aromatic rings. The Kier molecular flexibility index (Phi) is 6.53. The average Bonchev–Trinajstić information content (AvgIpc) is 3.05. The van der Waals surface area contributed by atoms with E-state index in [-0.39, 0.29) is 5.91 Å². The number of benzene rings is 2. The summed E-state index contributed by atoms with van der Waals surface area (Å²) in [5.74, 6) is 0.566. The molecule has 3 rings (SSSR count). The van der Waals surface area contributed by atoms with Crippen LogP contribution in [0.25, 0.3) is 0 Å². The third-order valence-corrected chi connectivity index (χ3v) is 4.84. The van der Waals surface area contributed by atoms with Crippen LogP contribution in [0.1, 0.15) is 28.5 Å². The number of rotatable bonds is 7. The highest BCUT2D eigenvalue weighted by molar-refractivity contribution is 9.10. The number of aromatic nitrogens is 2. The van der Waals surface area contributed by atoms with E-state index in [1.807, 2.05) is 42.1 Å².